The zero-order valence-corrected chi connectivity index (χ0v) is 10.4. The highest BCUT2D eigenvalue weighted by atomic mass is 35.5. The number of hydrogen-bond acceptors (Lipinski definition) is 2. The maximum Gasteiger partial charge on any atom is 0.132 e. The lowest BCUT2D eigenvalue weighted by Crippen LogP contribution is -2.30. The smallest absolute Gasteiger partial charge is 0.132 e. The largest absolute Gasteiger partial charge is 0.316 e. The van der Waals surface area contributed by atoms with Crippen LogP contribution in [0.25, 0.3) is 10.9 Å². The molecule has 1 aliphatic heterocycles. The topological polar surface area (TPSA) is 40.7 Å². The average molecular weight is 250 g/mol. The van der Waals surface area contributed by atoms with Crippen LogP contribution >= 0.6 is 11.6 Å². The van der Waals surface area contributed by atoms with Crippen molar-refractivity contribution in [1.82, 2.24) is 15.5 Å². The van der Waals surface area contributed by atoms with E-state index in [-0.39, 0.29) is 0 Å². The van der Waals surface area contributed by atoms with Crippen molar-refractivity contribution >= 4 is 22.5 Å². The Morgan fingerprint density at radius 3 is 3.18 bits per heavy atom. The summed E-state index contributed by atoms with van der Waals surface area (Å²) in [7, 11) is 0. The van der Waals surface area contributed by atoms with Crippen LogP contribution in [-0.2, 0) is 6.42 Å². The number of nitrogens with zero attached hydrogens (tertiary/aromatic N) is 1. The molecule has 1 atom stereocenters. The number of fused-ring (bicyclic) bond motifs is 1. The second kappa shape index (κ2) is 4.67. The van der Waals surface area contributed by atoms with Gasteiger partial charge in [-0.2, -0.15) is 5.10 Å². The molecule has 3 rings (SSSR count). The van der Waals surface area contributed by atoms with E-state index in [0.29, 0.717) is 5.15 Å². The van der Waals surface area contributed by atoms with Crippen molar-refractivity contribution in [2.45, 2.75) is 19.3 Å². The Hall–Kier alpha value is -1.06. The molecule has 0 amide bonds. The first-order valence-corrected chi connectivity index (χ1v) is 6.54. The number of rotatable bonds is 2. The van der Waals surface area contributed by atoms with Crippen LogP contribution < -0.4 is 5.32 Å². The van der Waals surface area contributed by atoms with Crippen molar-refractivity contribution in [1.29, 1.82) is 0 Å². The van der Waals surface area contributed by atoms with Crippen LogP contribution in [0.3, 0.4) is 0 Å². The third kappa shape index (κ3) is 2.31. The molecule has 1 unspecified atom stereocenters. The highest BCUT2D eigenvalue weighted by molar-refractivity contribution is 6.34. The van der Waals surface area contributed by atoms with Gasteiger partial charge in [-0.05, 0) is 56.0 Å². The first-order chi connectivity index (χ1) is 8.33. The number of piperidine rings is 1. The Morgan fingerprint density at radius 1 is 1.41 bits per heavy atom. The van der Waals surface area contributed by atoms with E-state index in [0.717, 1.165) is 29.8 Å². The number of halogens is 1. The lowest BCUT2D eigenvalue weighted by atomic mass is 9.92. The summed E-state index contributed by atoms with van der Waals surface area (Å²) in [6, 6.07) is 6.37. The van der Waals surface area contributed by atoms with Crippen molar-refractivity contribution < 1.29 is 0 Å². The summed E-state index contributed by atoms with van der Waals surface area (Å²) in [5, 5.41) is 12.1. The van der Waals surface area contributed by atoms with E-state index in [1.807, 2.05) is 0 Å². The van der Waals surface area contributed by atoms with Gasteiger partial charge in [0.05, 0.1) is 5.52 Å². The summed E-state index contributed by atoms with van der Waals surface area (Å²) < 4.78 is 0. The third-order valence-corrected chi connectivity index (χ3v) is 3.78. The van der Waals surface area contributed by atoms with Gasteiger partial charge in [-0.3, -0.25) is 5.10 Å². The quantitative estimate of drug-likeness (QED) is 0.859. The molecule has 0 saturated carbocycles. The molecule has 1 aromatic heterocycles. The van der Waals surface area contributed by atoms with Gasteiger partial charge in [0.25, 0.3) is 0 Å². The molecule has 1 saturated heterocycles. The fraction of sp³-hybridized carbons (Fsp3) is 0.462. The highest BCUT2D eigenvalue weighted by Crippen LogP contribution is 2.23. The summed E-state index contributed by atoms with van der Waals surface area (Å²) in [6.45, 7) is 2.31. The van der Waals surface area contributed by atoms with Gasteiger partial charge in [-0.25, -0.2) is 0 Å². The standard InChI is InChI=1S/C13H16ClN3/c14-13-11-4-3-9(7-12(11)16-17-13)6-10-2-1-5-15-8-10/h3-4,7,10,15H,1-2,5-6,8H2,(H,16,17). The van der Waals surface area contributed by atoms with Crippen LogP contribution in [0.5, 0.6) is 0 Å². The summed E-state index contributed by atoms with van der Waals surface area (Å²) in [5.41, 5.74) is 2.32. The Bertz CT molecular complexity index is 514. The molecule has 17 heavy (non-hydrogen) atoms. The van der Waals surface area contributed by atoms with E-state index in [9.17, 15) is 0 Å². The van der Waals surface area contributed by atoms with Gasteiger partial charge in [0.15, 0.2) is 0 Å². The van der Waals surface area contributed by atoms with E-state index in [1.54, 1.807) is 0 Å². The summed E-state index contributed by atoms with van der Waals surface area (Å²) in [4.78, 5) is 0. The molecular formula is C13H16ClN3. The van der Waals surface area contributed by atoms with Crippen LogP contribution in [0.15, 0.2) is 18.2 Å². The van der Waals surface area contributed by atoms with Gasteiger partial charge in [0, 0.05) is 5.39 Å². The van der Waals surface area contributed by atoms with Crippen molar-refractivity contribution in [3.8, 4) is 0 Å². The number of aromatic amines is 1. The minimum Gasteiger partial charge on any atom is -0.316 e. The SMILES string of the molecule is Clc1[nH]nc2cc(CC3CCCNC3)ccc12. The zero-order chi connectivity index (χ0) is 11.7. The van der Waals surface area contributed by atoms with Crippen molar-refractivity contribution in [2.24, 2.45) is 5.92 Å². The molecule has 0 aliphatic carbocycles. The van der Waals surface area contributed by atoms with Crippen LogP contribution in [0.1, 0.15) is 18.4 Å². The molecule has 1 aromatic carbocycles. The van der Waals surface area contributed by atoms with Crippen LogP contribution in [0.4, 0.5) is 0 Å². The lowest BCUT2D eigenvalue weighted by Gasteiger charge is -2.22. The second-order valence-corrected chi connectivity index (χ2v) is 5.18. The van der Waals surface area contributed by atoms with Crippen LogP contribution in [0.2, 0.25) is 5.15 Å². The minimum atomic E-state index is 0.630. The van der Waals surface area contributed by atoms with E-state index in [4.69, 9.17) is 11.6 Å². The Kier molecular flexibility index (Phi) is 3.04. The highest BCUT2D eigenvalue weighted by Gasteiger charge is 2.14. The number of H-pyrrole nitrogens is 1. The minimum absolute atomic E-state index is 0.630. The van der Waals surface area contributed by atoms with Crippen molar-refractivity contribution in [3.05, 3.63) is 28.9 Å². The number of benzene rings is 1. The van der Waals surface area contributed by atoms with Gasteiger partial charge >= 0.3 is 0 Å². The van der Waals surface area contributed by atoms with Gasteiger partial charge < -0.3 is 5.32 Å². The summed E-state index contributed by atoms with van der Waals surface area (Å²) in [6.07, 6.45) is 3.75. The predicted molar refractivity (Wildman–Crippen MR) is 70.4 cm³/mol. The third-order valence-electron chi connectivity index (χ3n) is 3.50. The number of nitrogens with one attached hydrogen (secondary N) is 2. The molecule has 0 radical (unpaired) electrons. The Morgan fingerprint density at radius 2 is 2.35 bits per heavy atom. The molecule has 90 valence electrons. The molecule has 2 N–H and O–H groups in total. The van der Waals surface area contributed by atoms with E-state index >= 15 is 0 Å². The van der Waals surface area contributed by atoms with Crippen LogP contribution in [0, 0.1) is 5.92 Å². The molecule has 1 aliphatic rings. The van der Waals surface area contributed by atoms with Crippen molar-refractivity contribution in [3.63, 3.8) is 0 Å². The molecule has 3 nitrogen and oxygen atoms in total. The van der Waals surface area contributed by atoms with Gasteiger partial charge in [-0.1, -0.05) is 17.7 Å². The summed E-state index contributed by atoms with van der Waals surface area (Å²) in [5.74, 6) is 0.760. The first kappa shape index (κ1) is 11.1. The van der Waals surface area contributed by atoms with Crippen LogP contribution in [-0.4, -0.2) is 23.3 Å². The fourth-order valence-electron chi connectivity index (χ4n) is 2.58. The predicted octanol–water partition coefficient (Wildman–Crippen LogP) is 2.76. The first-order valence-electron chi connectivity index (χ1n) is 6.16. The van der Waals surface area contributed by atoms with E-state index in [2.05, 4.69) is 33.7 Å². The Labute approximate surface area is 106 Å². The van der Waals surface area contributed by atoms with Gasteiger partial charge in [-0.15, -0.1) is 0 Å². The molecular weight excluding hydrogens is 234 g/mol. The molecule has 4 heteroatoms. The average Bonchev–Trinajstić information content (AvgIpc) is 2.72. The molecule has 0 spiro atoms. The normalized spacial score (nSPS) is 20.9. The van der Waals surface area contributed by atoms with E-state index < -0.39 is 0 Å². The lowest BCUT2D eigenvalue weighted by molar-refractivity contribution is 0.376. The second-order valence-electron chi connectivity index (χ2n) is 4.81. The number of aromatic nitrogens is 2. The molecule has 2 aromatic rings. The molecule has 1 fully saturated rings. The summed E-state index contributed by atoms with van der Waals surface area (Å²) >= 11 is 5.99. The number of hydrogen-bond donors (Lipinski definition) is 2. The fourth-order valence-corrected chi connectivity index (χ4v) is 2.79. The Balaban J connectivity index is 1.80. The van der Waals surface area contributed by atoms with E-state index in [1.165, 1.54) is 24.9 Å². The maximum absolute atomic E-state index is 5.99. The van der Waals surface area contributed by atoms with Gasteiger partial charge in [0.2, 0.25) is 0 Å². The maximum atomic E-state index is 5.99. The molecule has 2 heterocycles. The van der Waals surface area contributed by atoms with Crippen molar-refractivity contribution in [2.75, 3.05) is 13.1 Å². The monoisotopic (exact) mass is 249 g/mol. The zero-order valence-electron chi connectivity index (χ0n) is 9.67. The molecule has 0 bridgehead atoms. The van der Waals surface area contributed by atoms with Gasteiger partial charge in [0.1, 0.15) is 5.15 Å².